The van der Waals surface area contributed by atoms with Crippen molar-refractivity contribution < 1.29 is 64.6 Å². The zero-order valence-electron chi connectivity index (χ0n) is 46.8. The lowest BCUT2D eigenvalue weighted by molar-refractivity contribution is -0.359. The minimum absolute atomic E-state index is 0.238. The van der Waals surface area contributed by atoms with Crippen molar-refractivity contribution in [2.24, 2.45) is 0 Å². The van der Waals surface area contributed by atoms with Crippen molar-refractivity contribution in [2.45, 2.75) is 299 Å². The van der Waals surface area contributed by atoms with Crippen molar-refractivity contribution in [1.29, 1.82) is 0 Å². The first-order chi connectivity index (χ1) is 36.6. The number of nitrogens with one attached hydrogen (secondary N) is 1. The molecule has 0 aromatic heterocycles. The molecule has 0 spiro atoms. The van der Waals surface area contributed by atoms with Crippen LogP contribution in [0, 0.1) is 0 Å². The van der Waals surface area contributed by atoms with E-state index in [-0.39, 0.29) is 18.9 Å². The minimum Gasteiger partial charge on any atom is -0.394 e. The van der Waals surface area contributed by atoms with Gasteiger partial charge in [-0.05, 0) is 57.8 Å². The standard InChI is InChI=1S/C61H109NO13/c1-3-5-7-9-11-13-15-17-19-21-23-24-25-27-28-30-32-34-36-38-40-42-44-50(65)49(62-53(66)45-43-41-39-37-35-33-31-29-26-22-20-18-16-14-12-10-8-6-4-2)48-72-60-58(71)56(69)59(52(47-64)74-60)75-61-57(70)55(68)54(67)51(46-63)73-61/h6,8,12,14,18,20,26,29,33,35,49-52,54-61,63-65,67-71H,3-5,7,9-11,13,15-17,19,21-25,27-28,30-32,34,36-48H2,1-2H3,(H,62,66)/b8-6-,14-12-,20-18-,29-26-,35-33-. The molecule has 2 aliphatic heterocycles. The number of aliphatic hydroxyl groups is 8. The number of ether oxygens (including phenoxy) is 4. The molecule has 2 heterocycles. The smallest absolute Gasteiger partial charge is 0.220 e. The number of unbranched alkanes of at least 4 members (excludes halogenated alkanes) is 24. The summed E-state index contributed by atoms with van der Waals surface area (Å²) in [4.78, 5) is 13.3. The van der Waals surface area contributed by atoms with Crippen LogP contribution in [0.2, 0.25) is 0 Å². The van der Waals surface area contributed by atoms with Crippen LogP contribution in [-0.4, -0.2) is 140 Å². The van der Waals surface area contributed by atoms with Gasteiger partial charge in [0.25, 0.3) is 0 Å². The van der Waals surface area contributed by atoms with E-state index in [4.69, 9.17) is 18.9 Å². The van der Waals surface area contributed by atoms with E-state index in [1.54, 1.807) is 0 Å². The third kappa shape index (κ3) is 32.4. The highest BCUT2D eigenvalue weighted by Gasteiger charge is 2.51. The highest BCUT2D eigenvalue weighted by atomic mass is 16.7. The van der Waals surface area contributed by atoms with Crippen LogP contribution in [0.1, 0.15) is 226 Å². The Morgan fingerprint density at radius 3 is 1.40 bits per heavy atom. The molecule has 12 unspecified atom stereocenters. The van der Waals surface area contributed by atoms with Gasteiger partial charge in [-0.2, -0.15) is 0 Å². The third-order valence-electron chi connectivity index (χ3n) is 14.5. The van der Waals surface area contributed by atoms with E-state index in [2.05, 4.69) is 79.9 Å². The molecule has 14 nitrogen and oxygen atoms in total. The molecule has 12 atom stereocenters. The second-order valence-electron chi connectivity index (χ2n) is 21.1. The molecule has 2 rings (SSSR count). The zero-order valence-corrected chi connectivity index (χ0v) is 46.8. The predicted octanol–water partition coefficient (Wildman–Crippen LogP) is 10.2. The van der Waals surface area contributed by atoms with Crippen LogP contribution >= 0.6 is 0 Å². The Balaban J connectivity index is 1.77. The van der Waals surface area contributed by atoms with Crippen LogP contribution < -0.4 is 5.32 Å². The summed E-state index contributed by atoms with van der Waals surface area (Å²) in [5, 5.41) is 87.3. The van der Waals surface area contributed by atoms with E-state index >= 15 is 0 Å². The van der Waals surface area contributed by atoms with Gasteiger partial charge in [-0.3, -0.25) is 4.79 Å². The first-order valence-corrected chi connectivity index (χ1v) is 30.0. The van der Waals surface area contributed by atoms with Crippen molar-refractivity contribution in [3.8, 4) is 0 Å². The van der Waals surface area contributed by atoms with Gasteiger partial charge >= 0.3 is 0 Å². The fourth-order valence-corrected chi connectivity index (χ4v) is 9.68. The molecule has 75 heavy (non-hydrogen) atoms. The number of carbonyl (C=O) groups is 1. The molecule has 0 aromatic rings. The number of hydrogen-bond donors (Lipinski definition) is 9. The monoisotopic (exact) mass is 1060 g/mol. The normalized spacial score (nSPS) is 25.5. The summed E-state index contributed by atoms with van der Waals surface area (Å²) in [5.41, 5.74) is 0. The van der Waals surface area contributed by atoms with Crippen molar-refractivity contribution >= 4 is 5.91 Å². The number of allylic oxidation sites excluding steroid dienone is 10. The van der Waals surface area contributed by atoms with Crippen LogP contribution in [-0.2, 0) is 23.7 Å². The number of carbonyl (C=O) groups excluding carboxylic acids is 1. The molecular formula is C61H109NO13. The van der Waals surface area contributed by atoms with Gasteiger partial charge in [0.15, 0.2) is 12.6 Å². The lowest BCUT2D eigenvalue weighted by Gasteiger charge is -2.46. The van der Waals surface area contributed by atoms with E-state index in [1.807, 2.05) is 0 Å². The van der Waals surface area contributed by atoms with Gasteiger partial charge in [0.05, 0.1) is 32.0 Å². The summed E-state index contributed by atoms with van der Waals surface area (Å²) in [6.45, 7) is 2.73. The first kappa shape index (κ1) is 68.8. The first-order valence-electron chi connectivity index (χ1n) is 30.0. The molecule has 2 saturated heterocycles. The summed E-state index contributed by atoms with van der Waals surface area (Å²) >= 11 is 0. The summed E-state index contributed by atoms with van der Waals surface area (Å²) in [6.07, 6.45) is 42.2. The van der Waals surface area contributed by atoms with Gasteiger partial charge in [-0.15, -0.1) is 0 Å². The van der Waals surface area contributed by atoms with Crippen molar-refractivity contribution in [2.75, 3.05) is 19.8 Å². The molecular weight excluding hydrogens is 955 g/mol. The molecule has 14 heteroatoms. The lowest BCUT2D eigenvalue weighted by Crippen LogP contribution is -2.65. The van der Waals surface area contributed by atoms with Crippen LogP contribution in [0.4, 0.5) is 0 Å². The molecule has 0 bridgehead atoms. The molecule has 0 saturated carbocycles. The number of amides is 1. The Labute approximate surface area is 454 Å². The largest absolute Gasteiger partial charge is 0.394 e. The maximum Gasteiger partial charge on any atom is 0.220 e. The van der Waals surface area contributed by atoms with Gasteiger partial charge in [0.1, 0.15) is 48.8 Å². The average molecular weight is 1060 g/mol. The molecule has 9 N–H and O–H groups in total. The summed E-state index contributed by atoms with van der Waals surface area (Å²) in [7, 11) is 0. The Morgan fingerprint density at radius 2 is 0.920 bits per heavy atom. The zero-order chi connectivity index (χ0) is 54.6. The van der Waals surface area contributed by atoms with Gasteiger partial charge in [-0.1, -0.05) is 222 Å². The van der Waals surface area contributed by atoms with Crippen molar-refractivity contribution in [3.05, 3.63) is 60.8 Å². The van der Waals surface area contributed by atoms with Crippen LogP contribution in [0.25, 0.3) is 0 Å². The number of rotatable bonds is 47. The van der Waals surface area contributed by atoms with Gasteiger partial charge in [0, 0.05) is 6.42 Å². The van der Waals surface area contributed by atoms with Crippen molar-refractivity contribution in [1.82, 2.24) is 5.32 Å². The summed E-state index contributed by atoms with van der Waals surface area (Å²) < 4.78 is 22.8. The second-order valence-corrected chi connectivity index (χ2v) is 21.1. The third-order valence-corrected chi connectivity index (χ3v) is 14.5. The van der Waals surface area contributed by atoms with E-state index in [1.165, 1.54) is 116 Å². The van der Waals surface area contributed by atoms with E-state index in [0.29, 0.717) is 12.8 Å². The number of aliphatic hydroxyl groups excluding tert-OH is 8. The van der Waals surface area contributed by atoms with Crippen LogP contribution in [0.5, 0.6) is 0 Å². The van der Waals surface area contributed by atoms with Crippen molar-refractivity contribution in [3.63, 3.8) is 0 Å². The predicted molar refractivity (Wildman–Crippen MR) is 300 cm³/mol. The molecule has 1 amide bonds. The molecule has 0 aromatic carbocycles. The van der Waals surface area contributed by atoms with E-state index in [0.717, 1.165) is 77.0 Å². The molecule has 2 aliphatic rings. The quantitative estimate of drug-likeness (QED) is 0.0204. The maximum atomic E-state index is 13.3. The van der Waals surface area contributed by atoms with Gasteiger partial charge in [-0.25, -0.2) is 0 Å². The fourth-order valence-electron chi connectivity index (χ4n) is 9.68. The van der Waals surface area contributed by atoms with E-state index < -0.39 is 86.8 Å². The average Bonchev–Trinajstić information content (AvgIpc) is 3.41. The summed E-state index contributed by atoms with van der Waals surface area (Å²) in [5.74, 6) is -0.238. The lowest BCUT2D eigenvalue weighted by atomic mass is 9.97. The van der Waals surface area contributed by atoms with E-state index in [9.17, 15) is 45.6 Å². The highest BCUT2D eigenvalue weighted by molar-refractivity contribution is 5.76. The fraction of sp³-hybridized carbons (Fsp3) is 0.820. The Bertz CT molecular complexity index is 1490. The maximum absolute atomic E-state index is 13.3. The molecule has 0 radical (unpaired) electrons. The Morgan fingerprint density at radius 1 is 0.493 bits per heavy atom. The van der Waals surface area contributed by atoms with Crippen LogP contribution in [0.3, 0.4) is 0 Å². The SMILES string of the molecule is CC/C=C\C/C=C\C/C=C\C/C=C\C/C=C\CCCCCC(=O)NC(COC1OC(CO)C(OC2OC(CO)C(O)C(O)C2O)C(O)C1O)C(O)CCCCCCCCCCCCCCCCCCCCCCCC. The number of hydrogen-bond acceptors (Lipinski definition) is 13. The Hall–Kier alpha value is -2.31. The molecule has 436 valence electrons. The molecule has 0 aliphatic carbocycles. The summed E-state index contributed by atoms with van der Waals surface area (Å²) in [6, 6.07) is -0.850. The molecule has 2 fully saturated rings. The van der Waals surface area contributed by atoms with Gasteiger partial charge in [0.2, 0.25) is 5.91 Å². The topological polar surface area (TPSA) is 228 Å². The minimum atomic E-state index is -1.79. The second kappa shape index (κ2) is 46.6. The highest BCUT2D eigenvalue weighted by Crippen LogP contribution is 2.30. The van der Waals surface area contributed by atoms with Gasteiger partial charge < -0.3 is 65.1 Å². The Kier molecular flexibility index (Phi) is 42.7. The van der Waals surface area contributed by atoms with Crippen LogP contribution in [0.15, 0.2) is 60.8 Å².